The number of rotatable bonds is 12. The summed E-state index contributed by atoms with van der Waals surface area (Å²) < 4.78 is 22.7. The lowest BCUT2D eigenvalue weighted by molar-refractivity contribution is -0.124. The van der Waals surface area contributed by atoms with E-state index in [1.807, 2.05) is 49.5 Å². The van der Waals surface area contributed by atoms with E-state index >= 15 is 0 Å². The standard InChI is InChI=1S/C24H27NO6.C4H3NO2/c1-18(30-21-8-4-3-5-9-21)28-16-6-7-17-29-19(2)31-22-12-10-20(11-13-22)25-23(26)14-15-24(25)27;6-3-1-2-4(7)5-3/h3-5,8-15,18-19H,6-7,16-17H2,1-2H3;1-2H,(H,5,6,7). The Balaban J connectivity index is 0.000000494. The van der Waals surface area contributed by atoms with Crippen LogP contribution in [-0.4, -0.2) is 49.4 Å². The number of ether oxygens (including phenoxy) is 4. The van der Waals surface area contributed by atoms with Crippen LogP contribution in [0.5, 0.6) is 11.5 Å². The second kappa shape index (κ2) is 14.5. The number of para-hydroxylation sites is 1. The van der Waals surface area contributed by atoms with Crippen molar-refractivity contribution in [1.82, 2.24) is 5.32 Å². The van der Waals surface area contributed by atoms with Gasteiger partial charge in [0.1, 0.15) is 11.5 Å². The summed E-state index contributed by atoms with van der Waals surface area (Å²) in [5.41, 5.74) is 0.506. The minimum Gasteiger partial charge on any atom is -0.465 e. The molecule has 0 saturated heterocycles. The van der Waals surface area contributed by atoms with Crippen LogP contribution in [0.1, 0.15) is 26.7 Å². The highest BCUT2D eigenvalue weighted by Gasteiger charge is 2.24. The third-order valence-electron chi connectivity index (χ3n) is 5.13. The van der Waals surface area contributed by atoms with Crippen LogP contribution in [-0.2, 0) is 28.7 Å². The topological polar surface area (TPSA) is 120 Å². The van der Waals surface area contributed by atoms with Gasteiger partial charge in [-0.05, 0) is 63.1 Å². The Morgan fingerprint density at radius 2 is 1.13 bits per heavy atom. The van der Waals surface area contributed by atoms with E-state index in [4.69, 9.17) is 18.9 Å². The van der Waals surface area contributed by atoms with Crippen LogP contribution in [0.2, 0.25) is 0 Å². The van der Waals surface area contributed by atoms with Crippen LogP contribution < -0.4 is 19.7 Å². The molecule has 4 rings (SSSR count). The lowest BCUT2D eigenvalue weighted by atomic mass is 10.3. The van der Waals surface area contributed by atoms with Crippen molar-refractivity contribution in [3.63, 3.8) is 0 Å². The second-order valence-electron chi connectivity index (χ2n) is 8.16. The number of anilines is 1. The molecule has 38 heavy (non-hydrogen) atoms. The van der Waals surface area contributed by atoms with Gasteiger partial charge >= 0.3 is 0 Å². The zero-order chi connectivity index (χ0) is 27.3. The van der Waals surface area contributed by atoms with Gasteiger partial charge in [0, 0.05) is 24.3 Å². The zero-order valence-corrected chi connectivity index (χ0v) is 21.2. The van der Waals surface area contributed by atoms with Gasteiger partial charge in [-0.25, -0.2) is 4.90 Å². The van der Waals surface area contributed by atoms with Crippen molar-refractivity contribution >= 4 is 29.3 Å². The molecule has 0 aromatic heterocycles. The number of hydrogen-bond acceptors (Lipinski definition) is 8. The van der Waals surface area contributed by atoms with Gasteiger partial charge in [-0.15, -0.1) is 0 Å². The highest BCUT2D eigenvalue weighted by molar-refractivity contribution is 6.28. The number of hydrogen-bond donors (Lipinski definition) is 1. The Morgan fingerprint density at radius 1 is 0.658 bits per heavy atom. The van der Waals surface area contributed by atoms with Crippen LogP contribution >= 0.6 is 0 Å². The molecule has 0 fully saturated rings. The lowest BCUT2D eigenvalue weighted by Gasteiger charge is -2.18. The maximum absolute atomic E-state index is 11.7. The number of amides is 4. The second-order valence-corrected chi connectivity index (χ2v) is 8.16. The molecule has 0 spiro atoms. The summed E-state index contributed by atoms with van der Waals surface area (Å²) in [6.45, 7) is 4.81. The van der Waals surface area contributed by atoms with E-state index in [9.17, 15) is 19.2 Å². The number of unbranched alkanes of at least 4 members (excludes halogenated alkanes) is 1. The van der Waals surface area contributed by atoms with Gasteiger partial charge in [-0.2, -0.15) is 0 Å². The van der Waals surface area contributed by atoms with Crippen LogP contribution in [0.3, 0.4) is 0 Å². The van der Waals surface area contributed by atoms with Gasteiger partial charge in [0.05, 0.1) is 18.9 Å². The van der Waals surface area contributed by atoms with Gasteiger partial charge in [0.15, 0.2) is 12.6 Å². The average molecular weight is 523 g/mol. The number of nitrogens with zero attached hydrogens (tertiary/aromatic N) is 1. The molecule has 2 atom stereocenters. The summed E-state index contributed by atoms with van der Waals surface area (Å²) in [6, 6.07) is 16.3. The number of carbonyl (C=O) groups excluding carboxylic acids is 4. The fraction of sp³-hybridized carbons (Fsp3) is 0.286. The fourth-order valence-corrected chi connectivity index (χ4v) is 3.34. The zero-order valence-electron chi connectivity index (χ0n) is 21.2. The number of imide groups is 2. The van der Waals surface area contributed by atoms with Crippen molar-refractivity contribution < 1.29 is 38.1 Å². The van der Waals surface area contributed by atoms with Crippen molar-refractivity contribution in [2.75, 3.05) is 18.1 Å². The molecule has 4 amide bonds. The normalized spacial score (nSPS) is 15.7. The first kappa shape index (κ1) is 28.3. The highest BCUT2D eigenvalue weighted by Crippen LogP contribution is 2.23. The van der Waals surface area contributed by atoms with Crippen LogP contribution in [0, 0.1) is 0 Å². The highest BCUT2D eigenvalue weighted by atomic mass is 16.7. The van der Waals surface area contributed by atoms with E-state index in [2.05, 4.69) is 0 Å². The van der Waals surface area contributed by atoms with Crippen molar-refractivity contribution in [2.24, 2.45) is 0 Å². The van der Waals surface area contributed by atoms with Crippen molar-refractivity contribution in [3.05, 3.63) is 78.9 Å². The van der Waals surface area contributed by atoms with E-state index in [1.165, 1.54) is 24.3 Å². The minimum atomic E-state index is -0.427. The summed E-state index contributed by atoms with van der Waals surface area (Å²) >= 11 is 0. The van der Waals surface area contributed by atoms with E-state index in [0.717, 1.165) is 23.5 Å². The molecule has 0 radical (unpaired) electrons. The largest absolute Gasteiger partial charge is 0.465 e. The summed E-state index contributed by atoms with van der Waals surface area (Å²) in [6.07, 6.45) is 5.84. The smallest absolute Gasteiger partial charge is 0.258 e. The van der Waals surface area contributed by atoms with Gasteiger partial charge < -0.3 is 18.9 Å². The molecule has 2 aliphatic heterocycles. The maximum atomic E-state index is 11.7. The third-order valence-corrected chi connectivity index (χ3v) is 5.13. The minimum absolute atomic E-state index is 0.310. The lowest BCUT2D eigenvalue weighted by Crippen LogP contribution is -2.29. The van der Waals surface area contributed by atoms with E-state index in [1.54, 1.807) is 24.3 Å². The quantitative estimate of drug-likeness (QED) is 0.256. The van der Waals surface area contributed by atoms with Gasteiger partial charge in [0.25, 0.3) is 23.6 Å². The first-order chi connectivity index (χ1) is 18.3. The molecule has 0 bridgehead atoms. The molecule has 0 saturated carbocycles. The van der Waals surface area contributed by atoms with Crippen molar-refractivity contribution in [3.8, 4) is 11.5 Å². The van der Waals surface area contributed by atoms with Crippen LogP contribution in [0.4, 0.5) is 5.69 Å². The van der Waals surface area contributed by atoms with Gasteiger partial charge in [-0.3, -0.25) is 24.5 Å². The fourth-order valence-electron chi connectivity index (χ4n) is 3.34. The van der Waals surface area contributed by atoms with Crippen molar-refractivity contribution in [1.29, 1.82) is 0 Å². The predicted molar refractivity (Wildman–Crippen MR) is 138 cm³/mol. The molecule has 2 unspecified atom stereocenters. The monoisotopic (exact) mass is 522 g/mol. The first-order valence-corrected chi connectivity index (χ1v) is 12.1. The van der Waals surface area contributed by atoms with Crippen LogP contribution in [0.15, 0.2) is 78.9 Å². The van der Waals surface area contributed by atoms with E-state index in [0.29, 0.717) is 24.7 Å². The predicted octanol–water partition coefficient (Wildman–Crippen LogP) is 3.28. The number of benzene rings is 2. The molecule has 200 valence electrons. The summed E-state index contributed by atoms with van der Waals surface area (Å²) in [5, 5.41) is 2.03. The average Bonchev–Trinajstić information content (AvgIpc) is 3.45. The SMILES string of the molecule is CC(OCCCCOC(C)Oc1ccc(N2C(=O)C=CC2=O)cc1)Oc1ccccc1.O=C1C=CC(=O)N1. The number of carbonyl (C=O) groups is 4. The van der Waals surface area contributed by atoms with Gasteiger partial charge in [-0.1, -0.05) is 18.2 Å². The summed E-state index contributed by atoms with van der Waals surface area (Å²) in [4.78, 5) is 44.6. The first-order valence-electron chi connectivity index (χ1n) is 12.1. The molecule has 2 aromatic rings. The molecule has 2 heterocycles. The molecule has 1 N–H and O–H groups in total. The van der Waals surface area contributed by atoms with E-state index < -0.39 is 6.29 Å². The maximum Gasteiger partial charge on any atom is 0.258 e. The Kier molecular flexibility index (Phi) is 10.8. The third kappa shape index (κ3) is 9.30. The molecular formula is C28H30N2O8. The molecule has 2 aromatic carbocycles. The molecule has 0 aliphatic carbocycles. The molecule has 2 aliphatic rings. The summed E-state index contributed by atoms with van der Waals surface area (Å²) in [7, 11) is 0. The van der Waals surface area contributed by atoms with Crippen molar-refractivity contribution in [2.45, 2.75) is 39.3 Å². The summed E-state index contributed by atoms with van der Waals surface area (Å²) in [5.74, 6) is 0.0295. The Hall–Kier alpha value is -4.28. The van der Waals surface area contributed by atoms with Gasteiger partial charge in [0.2, 0.25) is 0 Å². The van der Waals surface area contributed by atoms with E-state index in [-0.39, 0.29) is 29.9 Å². The molecule has 10 nitrogen and oxygen atoms in total. The number of nitrogens with one attached hydrogen (secondary N) is 1. The Bertz CT molecular complexity index is 1130. The molecular weight excluding hydrogens is 492 g/mol. The molecule has 10 heteroatoms. The Morgan fingerprint density at radius 3 is 1.58 bits per heavy atom. The Labute approximate surface area is 220 Å². The van der Waals surface area contributed by atoms with Crippen LogP contribution in [0.25, 0.3) is 0 Å².